The van der Waals surface area contributed by atoms with Crippen molar-refractivity contribution in [3.05, 3.63) is 68.7 Å². The van der Waals surface area contributed by atoms with Gasteiger partial charge in [0.25, 0.3) is 5.91 Å². The quantitative estimate of drug-likeness (QED) is 0.379. The van der Waals surface area contributed by atoms with Crippen molar-refractivity contribution in [3.63, 3.8) is 0 Å². The zero-order valence-corrected chi connectivity index (χ0v) is 19.8. The first kappa shape index (κ1) is 22.3. The summed E-state index contributed by atoms with van der Waals surface area (Å²) in [5, 5.41) is 10.3. The highest BCUT2D eigenvalue weighted by molar-refractivity contribution is 7.20. The van der Waals surface area contributed by atoms with Gasteiger partial charge >= 0.3 is 0 Å². The molecular formula is C23H25N5O2S2. The van der Waals surface area contributed by atoms with Gasteiger partial charge in [-0.3, -0.25) is 4.79 Å². The van der Waals surface area contributed by atoms with Crippen LogP contribution >= 0.6 is 22.7 Å². The van der Waals surface area contributed by atoms with Gasteiger partial charge in [0.1, 0.15) is 17.0 Å². The standard InChI is InChI=1S/C23H25N5O2S2/c1-14(11-30-3)27-21-19-15(2)20(32-23(19)26-13-25-21)22(29)24-10-17-12-31-18(28-17)9-16-7-5-4-6-8-16/h4-8,12-14H,9-11H2,1-3H3,(H,24,29)(H,25,26,27). The number of fused-ring (bicyclic) bond motifs is 1. The van der Waals surface area contributed by atoms with Gasteiger partial charge in [0.2, 0.25) is 0 Å². The van der Waals surface area contributed by atoms with Crippen molar-refractivity contribution in [1.29, 1.82) is 0 Å². The van der Waals surface area contributed by atoms with Gasteiger partial charge in [-0.1, -0.05) is 30.3 Å². The number of aryl methyl sites for hydroxylation is 1. The molecule has 1 unspecified atom stereocenters. The van der Waals surface area contributed by atoms with Gasteiger partial charge in [0.15, 0.2) is 0 Å². The number of hydrogen-bond acceptors (Lipinski definition) is 8. The summed E-state index contributed by atoms with van der Waals surface area (Å²) in [6.07, 6.45) is 2.32. The number of nitrogens with zero attached hydrogens (tertiary/aromatic N) is 3. The van der Waals surface area contributed by atoms with Crippen molar-refractivity contribution < 1.29 is 9.53 Å². The lowest BCUT2D eigenvalue weighted by molar-refractivity contribution is 0.0954. The molecule has 0 aliphatic carbocycles. The minimum absolute atomic E-state index is 0.0874. The third-order valence-electron chi connectivity index (χ3n) is 4.96. The Labute approximate surface area is 194 Å². The van der Waals surface area contributed by atoms with Crippen LogP contribution in [-0.2, 0) is 17.7 Å². The fraction of sp³-hybridized carbons (Fsp3) is 0.304. The minimum Gasteiger partial charge on any atom is -0.383 e. The molecule has 3 heterocycles. The number of amides is 1. The number of benzene rings is 1. The van der Waals surface area contributed by atoms with E-state index in [0.29, 0.717) is 18.0 Å². The molecule has 4 aromatic rings. The van der Waals surface area contributed by atoms with Gasteiger partial charge in [0, 0.05) is 25.0 Å². The van der Waals surface area contributed by atoms with E-state index >= 15 is 0 Å². The summed E-state index contributed by atoms with van der Waals surface area (Å²) < 4.78 is 5.20. The predicted molar refractivity (Wildman–Crippen MR) is 130 cm³/mol. The van der Waals surface area contributed by atoms with Crippen molar-refractivity contribution in [1.82, 2.24) is 20.3 Å². The number of carbonyl (C=O) groups is 1. The average Bonchev–Trinajstić information content (AvgIpc) is 3.37. The summed E-state index contributed by atoms with van der Waals surface area (Å²) in [6.45, 7) is 4.90. The second-order valence-electron chi connectivity index (χ2n) is 7.54. The van der Waals surface area contributed by atoms with E-state index in [1.807, 2.05) is 37.4 Å². The maximum atomic E-state index is 12.9. The highest BCUT2D eigenvalue weighted by atomic mass is 32.1. The van der Waals surface area contributed by atoms with Crippen LogP contribution in [0.2, 0.25) is 0 Å². The van der Waals surface area contributed by atoms with Gasteiger partial charge in [-0.25, -0.2) is 15.0 Å². The van der Waals surface area contributed by atoms with Crippen LogP contribution in [0, 0.1) is 6.92 Å². The summed E-state index contributed by atoms with van der Waals surface area (Å²) in [6, 6.07) is 10.3. The molecule has 0 fully saturated rings. The second kappa shape index (κ2) is 10.2. The van der Waals surface area contributed by atoms with Gasteiger partial charge in [0.05, 0.1) is 34.1 Å². The second-order valence-corrected chi connectivity index (χ2v) is 9.48. The van der Waals surface area contributed by atoms with E-state index in [2.05, 4.69) is 37.7 Å². The average molecular weight is 468 g/mol. The Balaban J connectivity index is 1.45. The van der Waals surface area contributed by atoms with Gasteiger partial charge < -0.3 is 15.4 Å². The van der Waals surface area contributed by atoms with E-state index in [1.165, 1.54) is 23.2 Å². The molecule has 2 N–H and O–H groups in total. The third kappa shape index (κ3) is 5.12. The first-order valence-electron chi connectivity index (χ1n) is 10.3. The maximum absolute atomic E-state index is 12.9. The first-order valence-corrected chi connectivity index (χ1v) is 12.0. The zero-order chi connectivity index (χ0) is 22.5. The van der Waals surface area contributed by atoms with Crippen molar-refractivity contribution >= 4 is 44.6 Å². The molecular weight excluding hydrogens is 442 g/mol. The maximum Gasteiger partial charge on any atom is 0.262 e. The monoisotopic (exact) mass is 467 g/mol. The number of thiophene rings is 1. The fourth-order valence-electron chi connectivity index (χ4n) is 3.46. The Morgan fingerprint density at radius 2 is 2.03 bits per heavy atom. The molecule has 0 radical (unpaired) electrons. The van der Waals surface area contributed by atoms with Gasteiger partial charge in [-0.2, -0.15) is 0 Å². The van der Waals surface area contributed by atoms with Crippen molar-refractivity contribution in [2.75, 3.05) is 19.0 Å². The number of methoxy groups -OCH3 is 1. The molecule has 0 aliphatic heterocycles. The summed E-state index contributed by atoms with van der Waals surface area (Å²) in [5.41, 5.74) is 2.96. The van der Waals surface area contributed by atoms with Crippen molar-refractivity contribution in [2.45, 2.75) is 32.9 Å². The van der Waals surface area contributed by atoms with Crippen LogP contribution in [0.25, 0.3) is 10.2 Å². The number of aromatic nitrogens is 3. The SMILES string of the molecule is COCC(C)Nc1ncnc2sc(C(=O)NCc3csc(Cc4ccccc4)n3)c(C)c12. The highest BCUT2D eigenvalue weighted by Gasteiger charge is 2.20. The largest absolute Gasteiger partial charge is 0.383 e. The lowest BCUT2D eigenvalue weighted by Gasteiger charge is -2.14. The molecule has 0 bridgehead atoms. The number of rotatable bonds is 9. The molecule has 9 heteroatoms. The molecule has 1 atom stereocenters. The Kier molecular flexibility index (Phi) is 7.09. The molecule has 0 aliphatic rings. The lowest BCUT2D eigenvalue weighted by Crippen LogP contribution is -2.23. The molecule has 3 aromatic heterocycles. The van der Waals surface area contributed by atoms with E-state index in [-0.39, 0.29) is 11.9 Å². The predicted octanol–water partition coefficient (Wildman–Crippen LogP) is 4.42. The summed E-state index contributed by atoms with van der Waals surface area (Å²) in [7, 11) is 1.67. The topological polar surface area (TPSA) is 89.0 Å². The molecule has 0 saturated carbocycles. The molecule has 1 amide bonds. The minimum atomic E-state index is -0.126. The highest BCUT2D eigenvalue weighted by Crippen LogP contribution is 2.33. The summed E-state index contributed by atoms with van der Waals surface area (Å²) in [5.74, 6) is 0.594. The summed E-state index contributed by atoms with van der Waals surface area (Å²) in [4.78, 5) is 27.8. The first-order chi connectivity index (χ1) is 15.5. The van der Waals surface area contributed by atoms with Crippen LogP contribution in [0.3, 0.4) is 0 Å². The zero-order valence-electron chi connectivity index (χ0n) is 18.2. The van der Waals surface area contributed by atoms with Crippen LogP contribution in [0.1, 0.15) is 38.4 Å². The number of thiazole rings is 1. The Bertz CT molecular complexity index is 1210. The van der Waals surface area contributed by atoms with E-state index in [4.69, 9.17) is 4.74 Å². The third-order valence-corrected chi connectivity index (χ3v) is 7.06. The van der Waals surface area contributed by atoms with Gasteiger partial charge in [-0.15, -0.1) is 22.7 Å². The number of anilines is 1. The van der Waals surface area contributed by atoms with Crippen LogP contribution in [0.4, 0.5) is 5.82 Å². The molecule has 166 valence electrons. The molecule has 0 saturated heterocycles. The van der Waals surface area contributed by atoms with Gasteiger partial charge in [-0.05, 0) is 25.0 Å². The molecule has 32 heavy (non-hydrogen) atoms. The molecule has 7 nitrogen and oxygen atoms in total. The van der Waals surface area contributed by atoms with E-state index in [1.54, 1.807) is 18.4 Å². The number of nitrogens with one attached hydrogen (secondary N) is 2. The fourth-order valence-corrected chi connectivity index (χ4v) is 5.35. The van der Waals surface area contributed by atoms with Crippen molar-refractivity contribution in [3.8, 4) is 0 Å². The normalized spacial score (nSPS) is 12.1. The van der Waals surface area contributed by atoms with Crippen LogP contribution < -0.4 is 10.6 Å². The molecule has 0 spiro atoms. The Morgan fingerprint density at radius 1 is 1.22 bits per heavy atom. The van der Waals surface area contributed by atoms with E-state index in [0.717, 1.165) is 38.7 Å². The number of hydrogen-bond donors (Lipinski definition) is 2. The van der Waals surface area contributed by atoms with E-state index < -0.39 is 0 Å². The molecule has 4 rings (SSSR count). The number of carbonyl (C=O) groups excluding carboxylic acids is 1. The lowest BCUT2D eigenvalue weighted by atomic mass is 10.2. The Morgan fingerprint density at radius 3 is 2.81 bits per heavy atom. The Hall–Kier alpha value is -2.88. The summed E-state index contributed by atoms with van der Waals surface area (Å²) >= 11 is 2.99. The van der Waals surface area contributed by atoms with Crippen molar-refractivity contribution in [2.24, 2.45) is 0 Å². The van der Waals surface area contributed by atoms with E-state index in [9.17, 15) is 4.79 Å². The van der Waals surface area contributed by atoms with Crippen LogP contribution in [0.5, 0.6) is 0 Å². The smallest absolute Gasteiger partial charge is 0.262 e. The number of ether oxygens (including phenoxy) is 1. The van der Waals surface area contributed by atoms with Crippen LogP contribution in [-0.4, -0.2) is 40.6 Å². The molecule has 1 aromatic carbocycles. The van der Waals surface area contributed by atoms with Crippen LogP contribution in [0.15, 0.2) is 42.0 Å².